The Hall–Kier alpha value is -3.23. The maximum absolute atomic E-state index is 13.0. The highest BCUT2D eigenvalue weighted by molar-refractivity contribution is 6.05. The summed E-state index contributed by atoms with van der Waals surface area (Å²) in [5.74, 6) is -0.282. The van der Waals surface area contributed by atoms with Crippen LogP contribution in [0.2, 0.25) is 0 Å². The predicted molar refractivity (Wildman–Crippen MR) is 127 cm³/mol. The highest BCUT2D eigenvalue weighted by atomic mass is 16.5. The molecular weight excluding hydrogens is 434 g/mol. The van der Waals surface area contributed by atoms with E-state index in [0.717, 1.165) is 49.6 Å². The van der Waals surface area contributed by atoms with Crippen LogP contribution in [0.5, 0.6) is 5.75 Å². The van der Waals surface area contributed by atoms with E-state index >= 15 is 0 Å². The molecule has 8 heteroatoms. The second-order valence-corrected chi connectivity index (χ2v) is 8.83. The Morgan fingerprint density at radius 3 is 2.79 bits per heavy atom. The average Bonchev–Trinajstić information content (AvgIpc) is 3.15. The number of rotatable bonds is 8. The van der Waals surface area contributed by atoms with Gasteiger partial charge in [-0.05, 0) is 36.6 Å². The first-order chi connectivity index (χ1) is 16.5. The van der Waals surface area contributed by atoms with Gasteiger partial charge in [-0.3, -0.25) is 24.6 Å². The first-order valence-corrected chi connectivity index (χ1v) is 11.6. The molecule has 1 N–H and O–H groups in total. The van der Waals surface area contributed by atoms with Crippen LogP contribution in [0.1, 0.15) is 35.7 Å². The van der Waals surface area contributed by atoms with Crippen LogP contribution in [0, 0.1) is 0 Å². The number of piperidine rings is 1. The summed E-state index contributed by atoms with van der Waals surface area (Å²) >= 11 is 0. The van der Waals surface area contributed by atoms with Crippen molar-refractivity contribution in [3.8, 4) is 5.75 Å². The smallest absolute Gasteiger partial charge is 0.255 e. The van der Waals surface area contributed by atoms with Crippen LogP contribution in [0.15, 0.2) is 54.2 Å². The Morgan fingerprint density at radius 1 is 1.26 bits per heavy atom. The van der Waals surface area contributed by atoms with E-state index < -0.39 is 11.9 Å². The lowest BCUT2D eigenvalue weighted by Gasteiger charge is -2.29. The van der Waals surface area contributed by atoms with Crippen LogP contribution in [0.25, 0.3) is 0 Å². The van der Waals surface area contributed by atoms with Gasteiger partial charge in [0.15, 0.2) is 0 Å². The average molecular weight is 466 g/mol. The number of imide groups is 1. The van der Waals surface area contributed by atoms with Crippen molar-refractivity contribution in [1.29, 1.82) is 0 Å². The summed E-state index contributed by atoms with van der Waals surface area (Å²) in [4.78, 5) is 40.7. The molecule has 0 aromatic heterocycles. The van der Waals surface area contributed by atoms with Gasteiger partial charge in [-0.15, -0.1) is 0 Å². The van der Waals surface area contributed by atoms with Crippen LogP contribution in [0.4, 0.5) is 0 Å². The molecule has 3 amide bonds. The van der Waals surface area contributed by atoms with Crippen molar-refractivity contribution >= 4 is 17.7 Å². The normalized spacial score (nSPS) is 22.0. The molecule has 0 aliphatic carbocycles. The largest absolute Gasteiger partial charge is 0.489 e. The Kier molecular flexibility index (Phi) is 7.59. The summed E-state index contributed by atoms with van der Waals surface area (Å²) in [7, 11) is 0. The number of morpholine rings is 1. The monoisotopic (exact) mass is 465 g/mol. The Morgan fingerprint density at radius 2 is 2.06 bits per heavy atom. The van der Waals surface area contributed by atoms with Crippen molar-refractivity contribution < 1.29 is 23.9 Å². The van der Waals surface area contributed by atoms with E-state index in [9.17, 15) is 14.4 Å². The van der Waals surface area contributed by atoms with Gasteiger partial charge >= 0.3 is 0 Å². The molecule has 1 atom stereocenters. The molecule has 0 saturated carbocycles. The lowest BCUT2D eigenvalue weighted by molar-refractivity contribution is -0.136. The number of hydrogen-bond donors (Lipinski definition) is 1. The van der Waals surface area contributed by atoms with Crippen molar-refractivity contribution in [3.05, 3.63) is 65.3 Å². The zero-order valence-electron chi connectivity index (χ0n) is 19.5. The first kappa shape index (κ1) is 23.9. The summed E-state index contributed by atoms with van der Waals surface area (Å²) in [6.07, 6.45) is 6.48. The second-order valence-electron chi connectivity index (χ2n) is 8.83. The number of fused-ring (bicyclic) bond motifs is 1. The van der Waals surface area contributed by atoms with Gasteiger partial charge in [0, 0.05) is 37.2 Å². The van der Waals surface area contributed by atoms with E-state index in [1.54, 1.807) is 18.2 Å². The summed E-state index contributed by atoms with van der Waals surface area (Å²) in [6, 6.07) is 4.76. The molecule has 0 radical (unpaired) electrons. The fourth-order valence-corrected chi connectivity index (χ4v) is 4.56. The minimum atomic E-state index is -0.640. The third-order valence-corrected chi connectivity index (χ3v) is 6.27. The van der Waals surface area contributed by atoms with Crippen molar-refractivity contribution in [2.24, 2.45) is 0 Å². The molecule has 2 fully saturated rings. The molecule has 3 aliphatic heterocycles. The molecule has 0 spiro atoms. The van der Waals surface area contributed by atoms with E-state index in [1.807, 2.05) is 19.1 Å². The lowest BCUT2D eigenvalue weighted by Crippen LogP contribution is -2.52. The van der Waals surface area contributed by atoms with E-state index in [2.05, 4.69) is 22.9 Å². The topological polar surface area (TPSA) is 88.2 Å². The van der Waals surface area contributed by atoms with Crippen molar-refractivity contribution in [2.75, 3.05) is 39.5 Å². The molecule has 34 heavy (non-hydrogen) atoms. The number of benzene rings is 1. The number of carbonyl (C=O) groups excluding carboxylic acids is 3. The number of nitrogens with zero attached hydrogens (tertiary/aromatic N) is 2. The molecule has 0 bridgehead atoms. The van der Waals surface area contributed by atoms with Crippen LogP contribution in [-0.2, 0) is 20.9 Å². The molecule has 4 rings (SSSR count). The fraction of sp³-hybridized carbons (Fsp3) is 0.423. The second kappa shape index (κ2) is 10.8. The van der Waals surface area contributed by atoms with Gasteiger partial charge in [-0.25, -0.2) is 0 Å². The molecule has 1 unspecified atom stereocenters. The molecule has 2 saturated heterocycles. The van der Waals surface area contributed by atoms with Crippen molar-refractivity contribution in [2.45, 2.75) is 32.4 Å². The Balaban J connectivity index is 1.42. The molecule has 180 valence electrons. The minimum absolute atomic E-state index is 0.205. The summed E-state index contributed by atoms with van der Waals surface area (Å²) < 4.78 is 11.5. The number of amides is 3. The quantitative estimate of drug-likeness (QED) is 0.468. The van der Waals surface area contributed by atoms with Gasteiger partial charge in [0.05, 0.1) is 19.8 Å². The predicted octanol–water partition coefficient (Wildman–Crippen LogP) is 2.22. The van der Waals surface area contributed by atoms with E-state index in [0.29, 0.717) is 24.3 Å². The number of hydrogen-bond acceptors (Lipinski definition) is 6. The van der Waals surface area contributed by atoms with Gasteiger partial charge in [-0.1, -0.05) is 30.9 Å². The first-order valence-electron chi connectivity index (χ1n) is 11.6. The van der Waals surface area contributed by atoms with Crippen molar-refractivity contribution in [1.82, 2.24) is 15.1 Å². The molecule has 1 aromatic rings. The number of ether oxygens (including phenoxy) is 2. The Bertz CT molecular complexity index is 1040. The molecule has 3 heterocycles. The van der Waals surface area contributed by atoms with Gasteiger partial charge in [0.1, 0.15) is 18.4 Å². The number of allylic oxidation sites excluding steroid dienone is 2. The maximum Gasteiger partial charge on any atom is 0.255 e. The standard InChI is InChI=1S/C26H31N3O5/c1-3-5-19(15-28-10-12-33-13-11-28)14-18(2)17-34-23-7-4-6-20-21(23)16-29(26(20)32)22-8-9-24(30)27-25(22)31/h3-7,14,22H,1,8-13,15-17H2,2H3,(H,27,30,31)/b18-14+,19-5+. The Labute approximate surface area is 199 Å². The zero-order chi connectivity index (χ0) is 24.1. The lowest BCUT2D eigenvalue weighted by atomic mass is 10.0. The van der Waals surface area contributed by atoms with E-state index in [4.69, 9.17) is 9.47 Å². The molecule has 1 aromatic carbocycles. The number of carbonyl (C=O) groups is 3. The van der Waals surface area contributed by atoms with Crippen LogP contribution < -0.4 is 10.1 Å². The summed E-state index contributed by atoms with van der Waals surface area (Å²) in [5, 5.41) is 2.33. The molecule has 3 aliphatic rings. The highest BCUT2D eigenvalue weighted by Crippen LogP contribution is 2.33. The minimum Gasteiger partial charge on any atom is -0.489 e. The third-order valence-electron chi connectivity index (χ3n) is 6.27. The van der Waals surface area contributed by atoms with E-state index in [1.165, 1.54) is 4.90 Å². The SMILES string of the molecule is C=C/C=C(\C=C(/C)COc1cccc2c1CN(C1CCC(=O)NC1=O)C2=O)CN1CCOCC1. The molecular formula is C26H31N3O5. The summed E-state index contributed by atoms with van der Waals surface area (Å²) in [5.41, 5.74) is 3.52. The zero-order valence-corrected chi connectivity index (χ0v) is 19.5. The highest BCUT2D eigenvalue weighted by Gasteiger charge is 2.40. The fourth-order valence-electron chi connectivity index (χ4n) is 4.56. The van der Waals surface area contributed by atoms with Crippen molar-refractivity contribution in [3.63, 3.8) is 0 Å². The van der Waals surface area contributed by atoms with Gasteiger partial charge < -0.3 is 14.4 Å². The summed E-state index contributed by atoms with van der Waals surface area (Å²) in [6.45, 7) is 10.7. The van der Waals surface area contributed by atoms with Gasteiger partial charge in [-0.2, -0.15) is 0 Å². The van der Waals surface area contributed by atoms with Crippen LogP contribution >= 0.6 is 0 Å². The van der Waals surface area contributed by atoms with Gasteiger partial charge in [0.25, 0.3) is 5.91 Å². The van der Waals surface area contributed by atoms with Crippen LogP contribution in [-0.4, -0.2) is 73.0 Å². The maximum atomic E-state index is 13.0. The molecule has 8 nitrogen and oxygen atoms in total. The van der Waals surface area contributed by atoms with Gasteiger partial charge in [0.2, 0.25) is 11.8 Å². The third kappa shape index (κ3) is 5.46. The number of nitrogens with one attached hydrogen (secondary N) is 1. The van der Waals surface area contributed by atoms with Crippen LogP contribution in [0.3, 0.4) is 0 Å². The van der Waals surface area contributed by atoms with E-state index in [-0.39, 0.29) is 24.8 Å².